The van der Waals surface area contributed by atoms with Gasteiger partial charge in [0.15, 0.2) is 0 Å². The number of amides is 1. The number of nitrogens with zero attached hydrogens (tertiary/aromatic N) is 2. The van der Waals surface area contributed by atoms with E-state index in [1.807, 2.05) is 30.3 Å². The fourth-order valence-electron chi connectivity index (χ4n) is 2.87. The summed E-state index contributed by atoms with van der Waals surface area (Å²) in [6.45, 7) is 0. The van der Waals surface area contributed by atoms with Crippen LogP contribution in [0.2, 0.25) is 5.02 Å². The van der Waals surface area contributed by atoms with E-state index < -0.39 is 0 Å². The molecule has 4 nitrogen and oxygen atoms in total. The van der Waals surface area contributed by atoms with Gasteiger partial charge in [-0.1, -0.05) is 54.1 Å². The summed E-state index contributed by atoms with van der Waals surface area (Å²) in [5.41, 5.74) is 1.85. The van der Waals surface area contributed by atoms with E-state index in [0.29, 0.717) is 27.7 Å². The number of halogens is 2. The maximum Gasteiger partial charge on any atom is 0.258 e. The third-order valence-corrected chi connectivity index (χ3v) is 4.55. The third-order valence-electron chi connectivity index (χ3n) is 4.22. The van der Waals surface area contributed by atoms with Crippen LogP contribution in [-0.2, 0) is 0 Å². The van der Waals surface area contributed by atoms with E-state index in [4.69, 9.17) is 11.6 Å². The van der Waals surface area contributed by atoms with Gasteiger partial charge in [-0.3, -0.25) is 4.79 Å². The molecule has 0 spiro atoms. The topological polar surface area (TPSA) is 46.9 Å². The first kappa shape index (κ1) is 17.9. The predicted molar refractivity (Wildman–Crippen MR) is 108 cm³/mol. The molecular formula is C22H15ClFN3O. The van der Waals surface area contributed by atoms with Crippen LogP contribution in [0.4, 0.5) is 10.2 Å². The molecule has 0 atom stereocenters. The van der Waals surface area contributed by atoms with Crippen molar-refractivity contribution in [2.24, 2.45) is 0 Å². The highest BCUT2D eigenvalue weighted by Gasteiger charge is 2.17. The monoisotopic (exact) mass is 391 g/mol. The Kier molecular flexibility index (Phi) is 4.91. The molecular weight excluding hydrogens is 377 g/mol. The summed E-state index contributed by atoms with van der Waals surface area (Å²) in [5.74, 6) is -0.346. The zero-order chi connectivity index (χ0) is 19.5. The maximum absolute atomic E-state index is 14.2. The van der Waals surface area contributed by atoms with Crippen molar-refractivity contribution in [1.29, 1.82) is 0 Å². The second kappa shape index (κ2) is 7.66. The molecule has 4 aromatic rings. The molecule has 1 N–H and O–H groups in total. The molecule has 6 heteroatoms. The molecule has 0 saturated carbocycles. The van der Waals surface area contributed by atoms with Crippen LogP contribution in [0.25, 0.3) is 16.9 Å². The second-order valence-corrected chi connectivity index (χ2v) is 6.48. The Balaban J connectivity index is 1.78. The Morgan fingerprint density at radius 3 is 2.36 bits per heavy atom. The first-order valence-corrected chi connectivity index (χ1v) is 8.97. The highest BCUT2D eigenvalue weighted by atomic mass is 35.5. The van der Waals surface area contributed by atoms with Gasteiger partial charge in [-0.25, -0.2) is 9.07 Å². The highest BCUT2D eigenvalue weighted by molar-refractivity contribution is 6.34. The molecule has 0 aliphatic heterocycles. The van der Waals surface area contributed by atoms with E-state index in [9.17, 15) is 9.18 Å². The van der Waals surface area contributed by atoms with Crippen molar-refractivity contribution in [1.82, 2.24) is 9.78 Å². The standard InChI is InChI=1S/C22H15ClFN3O/c23-18-12-6-4-10-16(18)22(28)25-21-14-20(17-11-5-7-13-19(17)24)26-27(21)15-8-2-1-3-9-15/h1-14H,(H,25,28). The lowest BCUT2D eigenvalue weighted by Gasteiger charge is -2.09. The summed E-state index contributed by atoms with van der Waals surface area (Å²) in [6.07, 6.45) is 0. The first-order valence-electron chi connectivity index (χ1n) is 8.60. The van der Waals surface area contributed by atoms with Gasteiger partial charge in [-0.05, 0) is 36.4 Å². The molecule has 1 heterocycles. The fraction of sp³-hybridized carbons (Fsp3) is 0. The quantitative estimate of drug-likeness (QED) is 0.493. The summed E-state index contributed by atoms with van der Waals surface area (Å²) in [6, 6.07) is 24.1. The van der Waals surface area contributed by atoms with Crippen molar-refractivity contribution in [2.75, 3.05) is 5.32 Å². The molecule has 4 rings (SSSR count). The predicted octanol–water partition coefficient (Wildman–Crippen LogP) is 5.58. The van der Waals surface area contributed by atoms with Crippen LogP contribution in [0.15, 0.2) is 84.9 Å². The average Bonchev–Trinajstić information content (AvgIpc) is 3.12. The SMILES string of the molecule is O=C(Nc1cc(-c2ccccc2F)nn1-c1ccccc1)c1ccccc1Cl. The molecule has 3 aromatic carbocycles. The van der Waals surface area contributed by atoms with Crippen LogP contribution in [0.1, 0.15) is 10.4 Å². The molecule has 28 heavy (non-hydrogen) atoms. The Labute approximate surface area is 166 Å². The average molecular weight is 392 g/mol. The number of anilines is 1. The molecule has 0 bridgehead atoms. The van der Waals surface area contributed by atoms with E-state index in [2.05, 4.69) is 10.4 Å². The maximum atomic E-state index is 14.2. The Morgan fingerprint density at radius 2 is 1.61 bits per heavy atom. The van der Waals surface area contributed by atoms with Crippen molar-refractivity contribution >= 4 is 23.3 Å². The number of benzene rings is 3. The highest BCUT2D eigenvalue weighted by Crippen LogP contribution is 2.27. The van der Waals surface area contributed by atoms with Gasteiger partial charge in [0.05, 0.1) is 22.0 Å². The van der Waals surface area contributed by atoms with E-state index in [-0.39, 0.29) is 11.7 Å². The summed E-state index contributed by atoms with van der Waals surface area (Å²) >= 11 is 6.13. The molecule has 0 aliphatic rings. The zero-order valence-corrected chi connectivity index (χ0v) is 15.4. The van der Waals surface area contributed by atoms with E-state index in [0.717, 1.165) is 5.69 Å². The lowest BCUT2D eigenvalue weighted by Crippen LogP contribution is -2.15. The van der Waals surface area contributed by atoms with E-state index >= 15 is 0 Å². The largest absolute Gasteiger partial charge is 0.306 e. The van der Waals surface area contributed by atoms with Crippen LogP contribution < -0.4 is 5.32 Å². The van der Waals surface area contributed by atoms with Crippen LogP contribution in [-0.4, -0.2) is 15.7 Å². The van der Waals surface area contributed by atoms with Crippen LogP contribution in [0.5, 0.6) is 0 Å². The number of carbonyl (C=O) groups excluding carboxylic acids is 1. The summed E-state index contributed by atoms with van der Waals surface area (Å²) in [7, 11) is 0. The summed E-state index contributed by atoms with van der Waals surface area (Å²) < 4.78 is 15.8. The van der Waals surface area contributed by atoms with Crippen molar-refractivity contribution in [3.8, 4) is 16.9 Å². The third kappa shape index (κ3) is 3.52. The van der Waals surface area contributed by atoms with Gasteiger partial charge in [-0.15, -0.1) is 0 Å². The second-order valence-electron chi connectivity index (χ2n) is 6.08. The number of carbonyl (C=O) groups is 1. The minimum atomic E-state index is -0.385. The molecule has 0 radical (unpaired) electrons. The molecule has 0 fully saturated rings. The van der Waals surface area contributed by atoms with Crippen molar-refractivity contribution in [2.45, 2.75) is 0 Å². The van der Waals surface area contributed by atoms with E-state index in [1.54, 1.807) is 53.2 Å². The first-order chi connectivity index (χ1) is 13.6. The molecule has 0 aliphatic carbocycles. The molecule has 1 aromatic heterocycles. The zero-order valence-electron chi connectivity index (χ0n) is 14.6. The Hall–Kier alpha value is -3.44. The smallest absolute Gasteiger partial charge is 0.258 e. The molecule has 0 saturated heterocycles. The molecule has 1 amide bonds. The molecule has 138 valence electrons. The normalized spacial score (nSPS) is 10.6. The van der Waals surface area contributed by atoms with Gasteiger partial charge < -0.3 is 5.32 Å². The minimum Gasteiger partial charge on any atom is -0.306 e. The number of aromatic nitrogens is 2. The minimum absolute atomic E-state index is 0.345. The number of para-hydroxylation sites is 1. The van der Waals surface area contributed by atoms with Gasteiger partial charge in [0.2, 0.25) is 0 Å². The Morgan fingerprint density at radius 1 is 0.929 bits per heavy atom. The van der Waals surface area contributed by atoms with Crippen LogP contribution in [0, 0.1) is 5.82 Å². The van der Waals surface area contributed by atoms with Crippen molar-refractivity contribution in [3.63, 3.8) is 0 Å². The van der Waals surface area contributed by atoms with Gasteiger partial charge in [0.25, 0.3) is 5.91 Å². The number of nitrogens with one attached hydrogen (secondary N) is 1. The van der Waals surface area contributed by atoms with Crippen LogP contribution >= 0.6 is 11.6 Å². The van der Waals surface area contributed by atoms with Gasteiger partial charge in [0, 0.05) is 11.6 Å². The number of hydrogen-bond donors (Lipinski definition) is 1. The van der Waals surface area contributed by atoms with Crippen LogP contribution in [0.3, 0.4) is 0 Å². The number of rotatable bonds is 4. The summed E-state index contributed by atoms with van der Waals surface area (Å²) in [4.78, 5) is 12.7. The lowest BCUT2D eigenvalue weighted by atomic mass is 10.1. The fourth-order valence-corrected chi connectivity index (χ4v) is 3.09. The van der Waals surface area contributed by atoms with Gasteiger partial charge in [0.1, 0.15) is 11.6 Å². The van der Waals surface area contributed by atoms with E-state index in [1.165, 1.54) is 6.07 Å². The van der Waals surface area contributed by atoms with Crippen molar-refractivity contribution in [3.05, 3.63) is 101 Å². The van der Waals surface area contributed by atoms with Crippen molar-refractivity contribution < 1.29 is 9.18 Å². The molecule has 0 unspecified atom stereocenters. The Bertz CT molecular complexity index is 1140. The number of hydrogen-bond acceptors (Lipinski definition) is 2. The van der Waals surface area contributed by atoms with Gasteiger partial charge >= 0.3 is 0 Å². The lowest BCUT2D eigenvalue weighted by molar-refractivity contribution is 0.102. The summed E-state index contributed by atoms with van der Waals surface area (Å²) in [5, 5.41) is 7.69. The van der Waals surface area contributed by atoms with Gasteiger partial charge in [-0.2, -0.15) is 5.10 Å².